The molecule has 0 saturated heterocycles. The van der Waals surface area contributed by atoms with Crippen molar-refractivity contribution in [1.82, 2.24) is 4.41 Å². The van der Waals surface area contributed by atoms with E-state index in [0.717, 1.165) is 15.8 Å². The first-order valence-electron chi connectivity index (χ1n) is 6.61. The molecule has 0 fully saturated rings. The molecule has 1 aliphatic heterocycles. The van der Waals surface area contributed by atoms with E-state index < -0.39 is 10.0 Å². The van der Waals surface area contributed by atoms with Crippen LogP contribution < -0.4 is 0 Å². The second kappa shape index (κ2) is 5.10. The zero-order valence-corrected chi connectivity index (χ0v) is 14.1. The van der Waals surface area contributed by atoms with E-state index in [4.69, 9.17) is 0 Å². The Morgan fingerprint density at radius 1 is 1.19 bits per heavy atom. The fourth-order valence-electron chi connectivity index (χ4n) is 2.54. The second-order valence-electron chi connectivity index (χ2n) is 5.26. The summed E-state index contributed by atoms with van der Waals surface area (Å²) >= 11 is 3.41. The van der Waals surface area contributed by atoms with E-state index in [2.05, 4.69) is 21.0 Å². The van der Waals surface area contributed by atoms with E-state index in [9.17, 15) is 8.42 Å². The Labute approximate surface area is 133 Å². The maximum atomic E-state index is 12.8. The van der Waals surface area contributed by atoms with Crippen molar-refractivity contribution >= 4 is 31.7 Å². The normalized spacial score (nSPS) is 24.6. The van der Waals surface area contributed by atoms with E-state index in [1.165, 1.54) is 4.41 Å². The Morgan fingerprint density at radius 2 is 1.86 bits per heavy atom. The third kappa shape index (κ3) is 2.46. The number of benzene rings is 1. The fraction of sp³-hybridized carbons (Fsp3) is 0.267. The first-order chi connectivity index (χ1) is 9.89. The average molecular weight is 367 g/mol. The molecular weight excluding hydrogens is 352 g/mol. The van der Waals surface area contributed by atoms with Crippen LogP contribution >= 0.6 is 15.9 Å². The molecule has 0 spiro atoms. The molecule has 6 heteroatoms. The topological polar surface area (TPSA) is 49.7 Å². The Balaban J connectivity index is 2.03. The summed E-state index contributed by atoms with van der Waals surface area (Å²) in [5.41, 5.74) is 1.83. The van der Waals surface area contributed by atoms with Crippen molar-refractivity contribution < 1.29 is 8.42 Å². The summed E-state index contributed by atoms with van der Waals surface area (Å²) < 4.78 is 27.7. The van der Waals surface area contributed by atoms with Crippen molar-refractivity contribution in [3.05, 3.63) is 52.5 Å². The van der Waals surface area contributed by atoms with Crippen LogP contribution in [0.1, 0.15) is 12.5 Å². The lowest BCUT2D eigenvalue weighted by Crippen LogP contribution is -2.36. The molecule has 2 aliphatic rings. The Kier molecular flexibility index (Phi) is 3.53. The number of rotatable bonds is 2. The predicted molar refractivity (Wildman–Crippen MR) is 86.7 cm³/mol. The van der Waals surface area contributed by atoms with Crippen LogP contribution in [0.25, 0.3) is 0 Å². The summed E-state index contributed by atoms with van der Waals surface area (Å²) in [4.78, 5) is 0.268. The highest BCUT2D eigenvalue weighted by atomic mass is 79.9. The summed E-state index contributed by atoms with van der Waals surface area (Å²) in [5.74, 6) is 0.00604. The third-order valence-electron chi connectivity index (χ3n) is 3.72. The van der Waals surface area contributed by atoms with Gasteiger partial charge in [-0.3, -0.25) is 0 Å². The zero-order chi connectivity index (χ0) is 15.2. The van der Waals surface area contributed by atoms with Crippen LogP contribution in [0, 0.1) is 12.8 Å². The number of hydrazone groups is 1. The van der Waals surface area contributed by atoms with Crippen LogP contribution in [0.5, 0.6) is 0 Å². The van der Waals surface area contributed by atoms with Crippen LogP contribution in [0.3, 0.4) is 0 Å². The molecule has 1 unspecified atom stereocenters. The number of allylic oxidation sites excluding steroid dienone is 2. The van der Waals surface area contributed by atoms with Gasteiger partial charge in [0.2, 0.25) is 0 Å². The van der Waals surface area contributed by atoms with Gasteiger partial charge in [0.25, 0.3) is 10.0 Å². The minimum Gasteiger partial charge on any atom is -0.200 e. The Hall–Kier alpha value is -1.40. The summed E-state index contributed by atoms with van der Waals surface area (Å²) in [6.45, 7) is 3.79. The van der Waals surface area contributed by atoms with Gasteiger partial charge in [-0.2, -0.15) is 17.9 Å². The number of hydrogen-bond acceptors (Lipinski definition) is 3. The van der Waals surface area contributed by atoms with Gasteiger partial charge in [0.15, 0.2) is 0 Å². The molecule has 0 amide bonds. The maximum absolute atomic E-state index is 12.8. The second-order valence-corrected chi connectivity index (χ2v) is 7.97. The van der Waals surface area contributed by atoms with Crippen LogP contribution in [-0.2, 0) is 10.0 Å². The van der Waals surface area contributed by atoms with Crippen LogP contribution in [0.2, 0.25) is 0 Å². The van der Waals surface area contributed by atoms with E-state index in [1.54, 1.807) is 24.3 Å². The molecule has 1 aromatic carbocycles. The number of hydrogen-bond donors (Lipinski definition) is 0. The van der Waals surface area contributed by atoms with E-state index in [0.29, 0.717) is 0 Å². The molecular formula is C15H15BrN2O2S. The van der Waals surface area contributed by atoms with Gasteiger partial charge in [-0.05, 0) is 32.1 Å². The highest BCUT2D eigenvalue weighted by Crippen LogP contribution is 2.34. The quantitative estimate of drug-likeness (QED) is 0.806. The SMILES string of the molecule is CC1=NN(S(=O)(=O)c2ccc(C)cc2)C2C=C(Br)C=C[C@@H]12. The first-order valence-corrected chi connectivity index (χ1v) is 8.84. The van der Waals surface area contributed by atoms with Crippen molar-refractivity contribution in [3.63, 3.8) is 0 Å². The summed E-state index contributed by atoms with van der Waals surface area (Å²) in [5, 5.41) is 4.28. The van der Waals surface area contributed by atoms with Crippen molar-refractivity contribution in [2.45, 2.75) is 24.8 Å². The van der Waals surface area contributed by atoms with E-state index in [1.807, 2.05) is 32.1 Å². The lowest BCUT2D eigenvalue weighted by atomic mass is 9.93. The smallest absolute Gasteiger partial charge is 0.200 e. The molecule has 1 heterocycles. The summed E-state index contributed by atoms with van der Waals surface area (Å²) in [6.07, 6.45) is 5.80. The molecule has 0 N–H and O–H groups in total. The minimum atomic E-state index is -3.64. The molecule has 2 atom stereocenters. The molecule has 0 aromatic heterocycles. The standard InChI is InChI=1S/C15H15BrN2O2S/c1-10-3-6-13(7-4-10)21(19,20)18-15-9-12(16)5-8-14(15)11(2)17-18/h3-9,14-15H,1-2H3/t14-,15?/m0/s1. The van der Waals surface area contributed by atoms with Gasteiger partial charge in [0.1, 0.15) is 0 Å². The van der Waals surface area contributed by atoms with Crippen molar-refractivity contribution in [2.24, 2.45) is 11.0 Å². The van der Waals surface area contributed by atoms with Crippen LogP contribution in [0.15, 0.2) is 57.0 Å². The van der Waals surface area contributed by atoms with Gasteiger partial charge in [-0.15, -0.1) is 0 Å². The van der Waals surface area contributed by atoms with Crippen LogP contribution in [-0.4, -0.2) is 24.6 Å². The van der Waals surface area contributed by atoms with E-state index >= 15 is 0 Å². The van der Waals surface area contributed by atoms with E-state index in [-0.39, 0.29) is 16.9 Å². The number of nitrogens with zero attached hydrogens (tertiary/aromatic N) is 2. The van der Waals surface area contributed by atoms with Gasteiger partial charge in [0, 0.05) is 16.1 Å². The predicted octanol–water partition coefficient (Wildman–Crippen LogP) is 3.21. The monoisotopic (exact) mass is 366 g/mol. The van der Waals surface area contributed by atoms with Crippen molar-refractivity contribution in [2.75, 3.05) is 0 Å². The molecule has 1 aliphatic carbocycles. The van der Waals surface area contributed by atoms with Gasteiger partial charge in [-0.25, -0.2) is 0 Å². The molecule has 3 rings (SSSR count). The minimum absolute atomic E-state index is 0.00604. The molecule has 0 saturated carbocycles. The van der Waals surface area contributed by atoms with Crippen molar-refractivity contribution in [3.8, 4) is 0 Å². The zero-order valence-electron chi connectivity index (χ0n) is 11.7. The van der Waals surface area contributed by atoms with Gasteiger partial charge >= 0.3 is 0 Å². The number of aryl methyl sites for hydroxylation is 1. The Morgan fingerprint density at radius 3 is 2.52 bits per heavy atom. The molecule has 110 valence electrons. The summed E-state index contributed by atoms with van der Waals surface area (Å²) in [6, 6.07) is 6.55. The van der Waals surface area contributed by atoms with Crippen LogP contribution in [0.4, 0.5) is 0 Å². The Bertz CT molecular complexity index is 763. The van der Waals surface area contributed by atoms with Crippen molar-refractivity contribution in [1.29, 1.82) is 0 Å². The number of sulfonamides is 1. The number of halogens is 1. The molecule has 0 bridgehead atoms. The third-order valence-corrected chi connectivity index (χ3v) is 5.93. The fourth-order valence-corrected chi connectivity index (χ4v) is 4.41. The largest absolute Gasteiger partial charge is 0.279 e. The molecule has 21 heavy (non-hydrogen) atoms. The molecule has 0 radical (unpaired) electrons. The van der Waals surface area contributed by atoms with Gasteiger partial charge in [-0.1, -0.05) is 45.8 Å². The average Bonchev–Trinajstić information content (AvgIpc) is 2.76. The van der Waals surface area contributed by atoms with Gasteiger partial charge in [0.05, 0.1) is 10.9 Å². The molecule has 4 nitrogen and oxygen atoms in total. The molecule has 1 aromatic rings. The maximum Gasteiger partial charge on any atom is 0.279 e. The lowest BCUT2D eigenvalue weighted by molar-refractivity contribution is 0.385. The lowest BCUT2D eigenvalue weighted by Gasteiger charge is -2.25. The first kappa shape index (κ1) is 14.5. The summed E-state index contributed by atoms with van der Waals surface area (Å²) in [7, 11) is -3.64. The highest BCUT2D eigenvalue weighted by Gasteiger charge is 2.40. The van der Waals surface area contributed by atoms with Gasteiger partial charge < -0.3 is 0 Å². The highest BCUT2D eigenvalue weighted by molar-refractivity contribution is 9.11. The number of fused-ring (bicyclic) bond motifs is 1.